The first kappa shape index (κ1) is 64.6. The van der Waals surface area contributed by atoms with Crippen molar-refractivity contribution in [3.8, 4) is 0 Å². The highest BCUT2D eigenvalue weighted by molar-refractivity contribution is 5.71. The Balaban J connectivity index is 4.36. The van der Waals surface area contributed by atoms with Crippen LogP contribution in [0.4, 0.5) is 0 Å². The molecule has 0 bridgehead atoms. The molecule has 0 saturated carbocycles. The van der Waals surface area contributed by atoms with Crippen molar-refractivity contribution in [2.75, 3.05) is 13.2 Å². The number of hydrogen-bond donors (Lipinski definition) is 0. The zero-order valence-electron chi connectivity index (χ0n) is 44.9. The van der Waals surface area contributed by atoms with Gasteiger partial charge < -0.3 is 14.2 Å². The Kier molecular flexibility index (Phi) is 54.2. The van der Waals surface area contributed by atoms with E-state index in [9.17, 15) is 14.4 Å². The highest BCUT2D eigenvalue weighted by Crippen LogP contribution is 2.16. The first-order chi connectivity index (χ1) is 33.0. The quantitative estimate of drug-likeness (QED) is 0.0262. The Bertz CT molecular complexity index is 1130. The summed E-state index contributed by atoms with van der Waals surface area (Å²) in [7, 11) is 0. The zero-order valence-corrected chi connectivity index (χ0v) is 44.9. The molecule has 0 aliphatic heterocycles. The summed E-state index contributed by atoms with van der Waals surface area (Å²) in [6.45, 7) is 6.64. The van der Waals surface area contributed by atoms with Gasteiger partial charge in [0.2, 0.25) is 0 Å². The third-order valence-corrected chi connectivity index (χ3v) is 13.1. The van der Waals surface area contributed by atoms with Gasteiger partial charge in [-0.3, -0.25) is 14.4 Å². The van der Waals surface area contributed by atoms with E-state index in [4.69, 9.17) is 14.2 Å². The number of esters is 3. The van der Waals surface area contributed by atoms with Crippen LogP contribution < -0.4 is 0 Å². The normalized spacial score (nSPS) is 12.2. The maximum absolute atomic E-state index is 12.9. The van der Waals surface area contributed by atoms with Gasteiger partial charge in [0.25, 0.3) is 0 Å². The third-order valence-electron chi connectivity index (χ3n) is 13.1. The first-order valence-electron chi connectivity index (χ1n) is 29.5. The molecule has 67 heavy (non-hydrogen) atoms. The lowest BCUT2D eigenvalue weighted by Crippen LogP contribution is -2.30. The van der Waals surface area contributed by atoms with Crippen LogP contribution in [0.25, 0.3) is 0 Å². The molecule has 6 nitrogen and oxygen atoms in total. The molecule has 1 atom stereocenters. The van der Waals surface area contributed by atoms with Gasteiger partial charge in [-0.25, -0.2) is 0 Å². The molecule has 0 aliphatic rings. The summed E-state index contributed by atoms with van der Waals surface area (Å²) in [4.78, 5) is 38.2. The van der Waals surface area contributed by atoms with E-state index >= 15 is 0 Å². The molecule has 0 heterocycles. The number of carbonyl (C=O) groups excluding carboxylic acids is 3. The Labute approximate surface area is 416 Å². The molecular formula is C61H112O6. The van der Waals surface area contributed by atoms with Gasteiger partial charge >= 0.3 is 17.9 Å². The number of carbonyl (C=O) groups is 3. The van der Waals surface area contributed by atoms with E-state index in [-0.39, 0.29) is 31.1 Å². The fourth-order valence-electron chi connectivity index (χ4n) is 8.65. The predicted molar refractivity (Wildman–Crippen MR) is 289 cm³/mol. The zero-order chi connectivity index (χ0) is 48.6. The van der Waals surface area contributed by atoms with Gasteiger partial charge in [-0.1, -0.05) is 256 Å². The van der Waals surface area contributed by atoms with Crippen LogP contribution >= 0.6 is 0 Å². The Hall–Kier alpha value is -2.37. The lowest BCUT2D eigenvalue weighted by molar-refractivity contribution is -0.167. The molecule has 0 N–H and O–H groups in total. The molecule has 0 aliphatic carbocycles. The van der Waals surface area contributed by atoms with Gasteiger partial charge in [-0.05, 0) is 77.0 Å². The predicted octanol–water partition coefficient (Wildman–Crippen LogP) is 19.7. The molecular weight excluding hydrogens is 829 g/mol. The van der Waals surface area contributed by atoms with E-state index in [0.29, 0.717) is 19.3 Å². The summed E-state index contributed by atoms with van der Waals surface area (Å²) in [6, 6.07) is 0. The molecule has 392 valence electrons. The van der Waals surface area contributed by atoms with Crippen LogP contribution in [0.1, 0.15) is 316 Å². The molecule has 0 spiro atoms. The Morgan fingerprint density at radius 1 is 0.299 bits per heavy atom. The van der Waals surface area contributed by atoms with E-state index < -0.39 is 6.10 Å². The van der Waals surface area contributed by atoms with E-state index in [2.05, 4.69) is 57.2 Å². The van der Waals surface area contributed by atoms with E-state index in [1.54, 1.807) is 0 Å². The van der Waals surface area contributed by atoms with Crippen molar-refractivity contribution in [3.05, 3.63) is 36.5 Å². The first-order valence-corrected chi connectivity index (χ1v) is 29.5. The van der Waals surface area contributed by atoms with Gasteiger partial charge in [-0.15, -0.1) is 0 Å². The van der Waals surface area contributed by atoms with Crippen molar-refractivity contribution in [1.29, 1.82) is 0 Å². The summed E-state index contributed by atoms with van der Waals surface area (Å²) in [5.74, 6) is -0.875. The van der Waals surface area contributed by atoms with Gasteiger partial charge in [-0.2, -0.15) is 0 Å². The minimum Gasteiger partial charge on any atom is -0.462 e. The maximum Gasteiger partial charge on any atom is 0.306 e. The molecule has 0 saturated heterocycles. The molecule has 0 radical (unpaired) electrons. The smallest absolute Gasteiger partial charge is 0.306 e. The second kappa shape index (κ2) is 56.2. The fraction of sp³-hybridized carbons (Fsp3) is 0.852. The summed E-state index contributed by atoms with van der Waals surface area (Å²) >= 11 is 0. The average molecular weight is 942 g/mol. The topological polar surface area (TPSA) is 78.9 Å². The van der Waals surface area contributed by atoms with E-state index in [0.717, 1.165) is 77.0 Å². The summed E-state index contributed by atoms with van der Waals surface area (Å²) in [5, 5.41) is 0. The lowest BCUT2D eigenvalue weighted by atomic mass is 10.0. The third kappa shape index (κ3) is 54.4. The van der Waals surface area contributed by atoms with Crippen LogP contribution in [0, 0.1) is 0 Å². The van der Waals surface area contributed by atoms with Crippen molar-refractivity contribution in [2.24, 2.45) is 0 Å². The van der Waals surface area contributed by atoms with Crippen molar-refractivity contribution in [3.63, 3.8) is 0 Å². The van der Waals surface area contributed by atoms with Crippen molar-refractivity contribution in [1.82, 2.24) is 0 Å². The molecule has 0 aromatic carbocycles. The van der Waals surface area contributed by atoms with Crippen molar-refractivity contribution >= 4 is 17.9 Å². The summed E-state index contributed by atoms with van der Waals surface area (Å²) in [6.07, 6.45) is 67.0. The SMILES string of the molecule is CCCCC/C=C\C/C=C\CCCCCCCC(=O)OCC(COC(=O)CCCCCCCCC/C=C\CCCCCCCCC)OC(=O)CCCCCCCCCCCCCCCCCC. The van der Waals surface area contributed by atoms with Gasteiger partial charge in [0.05, 0.1) is 0 Å². The average Bonchev–Trinajstić information content (AvgIpc) is 3.33. The van der Waals surface area contributed by atoms with Gasteiger partial charge in [0.15, 0.2) is 6.10 Å². The number of hydrogen-bond acceptors (Lipinski definition) is 6. The molecule has 0 fully saturated rings. The standard InChI is InChI=1S/C61H112O6/c1-4-7-10-13-16-19-22-25-28-30-31-34-36-39-42-45-48-51-54-60(63)66-57-58(56-65-59(62)53-50-47-44-41-38-35-32-27-24-21-18-15-12-9-6-3)67-61(64)55-52-49-46-43-40-37-33-29-26-23-20-17-14-11-8-5-2/h18,21,27-28,30,32,58H,4-17,19-20,22-26,29,31,33-57H2,1-3H3/b21-18-,30-28-,32-27-. The van der Waals surface area contributed by atoms with Crippen LogP contribution in [0.2, 0.25) is 0 Å². The molecule has 6 heteroatoms. The van der Waals surface area contributed by atoms with Crippen LogP contribution in [-0.2, 0) is 28.6 Å². The maximum atomic E-state index is 12.9. The van der Waals surface area contributed by atoms with Crippen molar-refractivity contribution < 1.29 is 28.6 Å². The number of unbranched alkanes of at least 4 members (excludes halogenated alkanes) is 37. The molecule has 1 unspecified atom stereocenters. The van der Waals surface area contributed by atoms with Crippen LogP contribution in [0.5, 0.6) is 0 Å². The highest BCUT2D eigenvalue weighted by Gasteiger charge is 2.19. The minimum absolute atomic E-state index is 0.0754. The number of ether oxygens (including phenoxy) is 3. The Morgan fingerprint density at radius 3 is 0.866 bits per heavy atom. The van der Waals surface area contributed by atoms with Gasteiger partial charge in [0, 0.05) is 19.3 Å². The van der Waals surface area contributed by atoms with E-state index in [1.807, 2.05) is 0 Å². The molecule has 0 aromatic heterocycles. The molecule has 0 rings (SSSR count). The Morgan fingerprint density at radius 2 is 0.537 bits per heavy atom. The van der Waals surface area contributed by atoms with Crippen LogP contribution in [0.3, 0.4) is 0 Å². The number of rotatable bonds is 54. The fourth-order valence-corrected chi connectivity index (χ4v) is 8.65. The monoisotopic (exact) mass is 941 g/mol. The second-order valence-electron chi connectivity index (χ2n) is 19.9. The number of allylic oxidation sites excluding steroid dienone is 6. The van der Waals surface area contributed by atoms with E-state index in [1.165, 1.54) is 199 Å². The minimum atomic E-state index is -0.777. The van der Waals surface area contributed by atoms with Gasteiger partial charge in [0.1, 0.15) is 13.2 Å². The van der Waals surface area contributed by atoms with Crippen LogP contribution in [-0.4, -0.2) is 37.2 Å². The molecule has 0 aromatic rings. The lowest BCUT2D eigenvalue weighted by Gasteiger charge is -2.18. The molecule has 0 amide bonds. The summed E-state index contributed by atoms with van der Waals surface area (Å²) in [5.41, 5.74) is 0. The highest BCUT2D eigenvalue weighted by atomic mass is 16.6. The van der Waals surface area contributed by atoms with Crippen LogP contribution in [0.15, 0.2) is 36.5 Å². The second-order valence-corrected chi connectivity index (χ2v) is 19.9. The van der Waals surface area contributed by atoms with Crippen molar-refractivity contribution in [2.45, 2.75) is 322 Å². The largest absolute Gasteiger partial charge is 0.462 e. The summed E-state index contributed by atoms with van der Waals surface area (Å²) < 4.78 is 16.9.